The first-order valence-corrected chi connectivity index (χ1v) is 4.91. The average molecular weight is 225 g/mol. The summed E-state index contributed by atoms with van der Waals surface area (Å²) in [5.41, 5.74) is 0. The molecule has 1 fully saturated rings. The van der Waals surface area contributed by atoms with E-state index in [1.807, 2.05) is 0 Å². The van der Waals surface area contributed by atoms with E-state index in [0.717, 1.165) is 0 Å². The third-order valence-corrected chi connectivity index (χ3v) is 2.49. The summed E-state index contributed by atoms with van der Waals surface area (Å²) in [6.45, 7) is 1.93. The van der Waals surface area contributed by atoms with Gasteiger partial charge in [-0.3, -0.25) is 4.79 Å². The number of esters is 1. The molecule has 1 saturated heterocycles. The molecule has 88 valence electrons. The quantitative estimate of drug-likeness (QED) is 0.721. The van der Waals surface area contributed by atoms with Gasteiger partial charge in [-0.25, -0.2) is 0 Å². The standard InChI is InChI=1S/C9H14F3NO2/c1-2-15-8(14)6-3-4-13-5-7(6)9(10,11)12/h6-7,13H,2-5H2,1H3/t6-,7+/m1/s1. The van der Waals surface area contributed by atoms with Crippen LogP contribution in [0.3, 0.4) is 0 Å². The number of carbonyl (C=O) groups excluding carboxylic acids is 1. The van der Waals surface area contributed by atoms with Crippen LogP contribution in [0.4, 0.5) is 13.2 Å². The lowest BCUT2D eigenvalue weighted by molar-refractivity contribution is -0.201. The highest BCUT2D eigenvalue weighted by Crippen LogP contribution is 2.35. The van der Waals surface area contributed by atoms with E-state index in [2.05, 4.69) is 10.1 Å². The van der Waals surface area contributed by atoms with Crippen molar-refractivity contribution >= 4 is 5.97 Å². The highest BCUT2D eigenvalue weighted by molar-refractivity contribution is 5.73. The van der Waals surface area contributed by atoms with Crippen LogP contribution >= 0.6 is 0 Å². The van der Waals surface area contributed by atoms with Crippen molar-refractivity contribution in [3.05, 3.63) is 0 Å². The Bertz CT molecular complexity index is 230. The number of hydrogen-bond donors (Lipinski definition) is 1. The molecule has 1 aliphatic heterocycles. The molecular weight excluding hydrogens is 211 g/mol. The van der Waals surface area contributed by atoms with E-state index in [4.69, 9.17) is 0 Å². The zero-order valence-corrected chi connectivity index (χ0v) is 8.43. The lowest BCUT2D eigenvalue weighted by Gasteiger charge is -2.31. The highest BCUT2D eigenvalue weighted by Gasteiger charge is 2.48. The molecule has 0 amide bonds. The molecule has 3 nitrogen and oxygen atoms in total. The van der Waals surface area contributed by atoms with Crippen LogP contribution in [0.1, 0.15) is 13.3 Å². The summed E-state index contributed by atoms with van der Waals surface area (Å²) < 4.78 is 42.3. The second-order valence-corrected chi connectivity index (χ2v) is 3.50. The number of piperidine rings is 1. The summed E-state index contributed by atoms with van der Waals surface area (Å²) in [4.78, 5) is 11.3. The summed E-state index contributed by atoms with van der Waals surface area (Å²) in [5, 5.41) is 2.64. The Kier molecular flexibility index (Phi) is 3.96. The number of carbonyl (C=O) groups is 1. The van der Waals surface area contributed by atoms with Crippen LogP contribution in [0.15, 0.2) is 0 Å². The Labute approximate surface area is 86.0 Å². The van der Waals surface area contributed by atoms with Crippen molar-refractivity contribution in [3.8, 4) is 0 Å². The van der Waals surface area contributed by atoms with Crippen molar-refractivity contribution in [1.82, 2.24) is 5.32 Å². The predicted molar refractivity (Wildman–Crippen MR) is 47.2 cm³/mol. The number of alkyl halides is 3. The van der Waals surface area contributed by atoms with Crippen molar-refractivity contribution in [2.75, 3.05) is 19.7 Å². The van der Waals surface area contributed by atoms with Gasteiger partial charge in [0.15, 0.2) is 0 Å². The fourth-order valence-electron chi connectivity index (χ4n) is 1.73. The Morgan fingerprint density at radius 1 is 1.53 bits per heavy atom. The lowest BCUT2D eigenvalue weighted by Crippen LogP contribution is -2.47. The van der Waals surface area contributed by atoms with Crippen molar-refractivity contribution in [3.63, 3.8) is 0 Å². The van der Waals surface area contributed by atoms with Crippen molar-refractivity contribution in [2.24, 2.45) is 11.8 Å². The number of ether oxygens (including phenoxy) is 1. The molecule has 0 saturated carbocycles. The van der Waals surface area contributed by atoms with Crippen molar-refractivity contribution < 1.29 is 22.7 Å². The molecule has 15 heavy (non-hydrogen) atoms. The summed E-state index contributed by atoms with van der Waals surface area (Å²) >= 11 is 0. The van der Waals surface area contributed by atoms with Crippen LogP contribution in [0.25, 0.3) is 0 Å². The third kappa shape index (κ3) is 3.09. The van der Waals surface area contributed by atoms with Crippen molar-refractivity contribution in [1.29, 1.82) is 0 Å². The topological polar surface area (TPSA) is 38.3 Å². The van der Waals surface area contributed by atoms with Crippen LogP contribution in [0, 0.1) is 11.8 Å². The molecule has 0 bridgehead atoms. The maximum absolute atomic E-state index is 12.5. The molecule has 0 aliphatic carbocycles. The van der Waals surface area contributed by atoms with Gasteiger partial charge in [0, 0.05) is 6.54 Å². The average Bonchev–Trinajstić information content (AvgIpc) is 2.17. The monoisotopic (exact) mass is 225 g/mol. The van der Waals surface area contributed by atoms with E-state index in [0.29, 0.717) is 6.54 Å². The zero-order valence-electron chi connectivity index (χ0n) is 8.43. The third-order valence-electron chi connectivity index (χ3n) is 2.49. The number of hydrogen-bond acceptors (Lipinski definition) is 3. The molecule has 1 rings (SSSR count). The van der Waals surface area contributed by atoms with E-state index in [1.165, 1.54) is 0 Å². The Balaban J connectivity index is 2.70. The fraction of sp³-hybridized carbons (Fsp3) is 0.889. The van der Waals surface area contributed by atoms with E-state index < -0.39 is 24.0 Å². The molecule has 1 N–H and O–H groups in total. The molecule has 0 aromatic carbocycles. The first-order chi connectivity index (χ1) is 6.96. The molecular formula is C9H14F3NO2. The van der Waals surface area contributed by atoms with Gasteiger partial charge in [0.2, 0.25) is 0 Å². The molecule has 1 aliphatic rings. The van der Waals surface area contributed by atoms with E-state index in [1.54, 1.807) is 6.92 Å². The van der Waals surface area contributed by atoms with Gasteiger partial charge in [0.25, 0.3) is 0 Å². The first kappa shape index (κ1) is 12.3. The number of nitrogens with one attached hydrogen (secondary N) is 1. The molecule has 0 unspecified atom stereocenters. The maximum atomic E-state index is 12.5. The maximum Gasteiger partial charge on any atom is 0.393 e. The predicted octanol–water partition coefficient (Wildman–Crippen LogP) is 1.34. The van der Waals surface area contributed by atoms with Gasteiger partial charge in [0.05, 0.1) is 18.4 Å². The Hall–Kier alpha value is -0.780. The van der Waals surface area contributed by atoms with Gasteiger partial charge in [-0.05, 0) is 19.9 Å². The van der Waals surface area contributed by atoms with Gasteiger partial charge in [-0.15, -0.1) is 0 Å². The van der Waals surface area contributed by atoms with Gasteiger partial charge in [-0.1, -0.05) is 0 Å². The molecule has 2 atom stereocenters. The smallest absolute Gasteiger partial charge is 0.393 e. The minimum Gasteiger partial charge on any atom is -0.466 e. The van der Waals surface area contributed by atoms with Crippen LogP contribution in [0.5, 0.6) is 0 Å². The van der Waals surface area contributed by atoms with Crippen LogP contribution in [-0.4, -0.2) is 31.8 Å². The fourth-order valence-corrected chi connectivity index (χ4v) is 1.73. The summed E-state index contributed by atoms with van der Waals surface area (Å²) in [7, 11) is 0. The van der Waals surface area contributed by atoms with Gasteiger partial charge in [0.1, 0.15) is 0 Å². The lowest BCUT2D eigenvalue weighted by atomic mass is 9.86. The van der Waals surface area contributed by atoms with Gasteiger partial charge < -0.3 is 10.1 Å². The summed E-state index contributed by atoms with van der Waals surface area (Å²) in [5.74, 6) is -3.40. The number of halogens is 3. The van der Waals surface area contributed by atoms with Crippen molar-refractivity contribution in [2.45, 2.75) is 19.5 Å². The van der Waals surface area contributed by atoms with E-state index in [9.17, 15) is 18.0 Å². The minimum absolute atomic E-state index is 0.118. The van der Waals surface area contributed by atoms with Crippen LogP contribution < -0.4 is 5.32 Å². The Morgan fingerprint density at radius 3 is 2.73 bits per heavy atom. The van der Waals surface area contributed by atoms with Crippen LogP contribution in [0.2, 0.25) is 0 Å². The molecule has 0 spiro atoms. The minimum atomic E-state index is -4.34. The molecule has 6 heteroatoms. The van der Waals surface area contributed by atoms with E-state index >= 15 is 0 Å². The highest BCUT2D eigenvalue weighted by atomic mass is 19.4. The second kappa shape index (κ2) is 4.83. The van der Waals surface area contributed by atoms with Gasteiger partial charge >= 0.3 is 12.1 Å². The summed E-state index contributed by atoms with van der Waals surface area (Å²) in [6, 6.07) is 0. The molecule has 0 aromatic rings. The molecule has 0 radical (unpaired) electrons. The molecule has 1 heterocycles. The van der Waals surface area contributed by atoms with Gasteiger partial charge in [-0.2, -0.15) is 13.2 Å². The summed E-state index contributed by atoms with van der Waals surface area (Å²) in [6.07, 6.45) is -4.16. The molecule has 0 aromatic heterocycles. The first-order valence-electron chi connectivity index (χ1n) is 4.91. The largest absolute Gasteiger partial charge is 0.466 e. The number of rotatable bonds is 2. The van der Waals surface area contributed by atoms with E-state index in [-0.39, 0.29) is 19.6 Å². The second-order valence-electron chi connectivity index (χ2n) is 3.50. The zero-order chi connectivity index (χ0) is 11.5. The SMILES string of the molecule is CCOC(=O)[C@@H]1CCNC[C@@H]1C(F)(F)F. The Morgan fingerprint density at radius 2 is 2.20 bits per heavy atom. The normalized spacial score (nSPS) is 27.5. The van der Waals surface area contributed by atoms with Crippen LogP contribution in [-0.2, 0) is 9.53 Å².